The number of rotatable bonds is 11. The average Bonchev–Trinajstić information content (AvgIpc) is 3.29. The first-order chi connectivity index (χ1) is 14.9. The Morgan fingerprint density at radius 2 is 1.94 bits per heavy atom. The van der Waals surface area contributed by atoms with Crippen molar-refractivity contribution in [1.82, 2.24) is 4.72 Å². The summed E-state index contributed by atoms with van der Waals surface area (Å²) in [5, 5.41) is 20.2. The molecule has 14 heteroatoms. The summed E-state index contributed by atoms with van der Waals surface area (Å²) in [5.74, 6) is -1.91. The molecule has 0 bridgehead atoms. The molecule has 0 aromatic carbocycles. The quantitative estimate of drug-likeness (QED) is 0.271. The first-order valence-electron chi connectivity index (χ1n) is 9.85. The van der Waals surface area contributed by atoms with Crippen molar-refractivity contribution in [2.75, 3.05) is 13.2 Å². The van der Waals surface area contributed by atoms with Gasteiger partial charge in [-0.25, -0.2) is 9.52 Å². The molecule has 1 aromatic heterocycles. The van der Waals surface area contributed by atoms with Gasteiger partial charge in [0.05, 0.1) is 25.4 Å². The van der Waals surface area contributed by atoms with Crippen LogP contribution in [0, 0.1) is 5.92 Å². The predicted molar refractivity (Wildman–Crippen MR) is 112 cm³/mol. The van der Waals surface area contributed by atoms with E-state index in [4.69, 9.17) is 23.8 Å². The highest BCUT2D eigenvalue weighted by molar-refractivity contribution is 9.10. The van der Waals surface area contributed by atoms with E-state index in [1.165, 1.54) is 12.1 Å². The SMILES string of the molecule is CCC(C)C(N)C(=O)NS(=O)(=O)OCC1OC(CCOC(=O)c2ccc(Br)o2)C(O)C1O. The molecule has 12 nitrogen and oxygen atoms in total. The maximum Gasteiger partial charge on any atom is 0.374 e. The van der Waals surface area contributed by atoms with Gasteiger partial charge in [-0.3, -0.25) is 8.98 Å². The molecule has 6 unspecified atom stereocenters. The summed E-state index contributed by atoms with van der Waals surface area (Å²) in [4.78, 5) is 23.8. The molecule has 182 valence electrons. The molecule has 32 heavy (non-hydrogen) atoms. The van der Waals surface area contributed by atoms with Crippen LogP contribution in [0.5, 0.6) is 0 Å². The number of hydrogen-bond donors (Lipinski definition) is 4. The number of amides is 1. The van der Waals surface area contributed by atoms with E-state index in [1.54, 1.807) is 18.6 Å². The molecule has 1 fully saturated rings. The van der Waals surface area contributed by atoms with E-state index in [9.17, 15) is 28.2 Å². The number of hydrogen-bond acceptors (Lipinski definition) is 11. The molecule has 1 saturated heterocycles. The number of aliphatic hydroxyl groups excluding tert-OH is 2. The van der Waals surface area contributed by atoms with Crippen LogP contribution < -0.4 is 10.5 Å². The van der Waals surface area contributed by atoms with Gasteiger partial charge in [0.15, 0.2) is 4.67 Å². The monoisotopic (exact) mass is 542 g/mol. The Morgan fingerprint density at radius 3 is 2.53 bits per heavy atom. The Labute approximate surface area is 193 Å². The molecule has 0 radical (unpaired) electrons. The summed E-state index contributed by atoms with van der Waals surface area (Å²) in [6.07, 6.45) is -4.35. The summed E-state index contributed by atoms with van der Waals surface area (Å²) >= 11 is 3.06. The van der Waals surface area contributed by atoms with Crippen LogP contribution in [0.25, 0.3) is 0 Å². The van der Waals surface area contributed by atoms with Crippen LogP contribution in [0.3, 0.4) is 0 Å². The van der Waals surface area contributed by atoms with Crippen molar-refractivity contribution in [3.05, 3.63) is 22.6 Å². The fourth-order valence-electron chi connectivity index (χ4n) is 2.85. The number of nitrogens with one attached hydrogen (secondary N) is 1. The van der Waals surface area contributed by atoms with Crippen molar-refractivity contribution in [2.24, 2.45) is 11.7 Å². The lowest BCUT2D eigenvalue weighted by Crippen LogP contribution is -2.47. The van der Waals surface area contributed by atoms with Gasteiger partial charge >= 0.3 is 16.3 Å². The highest BCUT2D eigenvalue weighted by atomic mass is 79.9. The second kappa shape index (κ2) is 11.5. The molecule has 1 amide bonds. The van der Waals surface area contributed by atoms with Gasteiger partial charge in [-0.15, -0.1) is 0 Å². The Kier molecular flexibility index (Phi) is 9.63. The third-order valence-corrected chi connectivity index (χ3v) is 6.37. The van der Waals surface area contributed by atoms with E-state index >= 15 is 0 Å². The third kappa shape index (κ3) is 7.23. The zero-order valence-corrected chi connectivity index (χ0v) is 19.9. The van der Waals surface area contributed by atoms with Crippen LogP contribution in [-0.4, -0.2) is 74.2 Å². The number of furan rings is 1. The number of carbonyl (C=O) groups excluding carboxylic acids is 2. The molecule has 0 saturated carbocycles. The lowest BCUT2D eigenvalue weighted by molar-refractivity contribution is -0.121. The molecule has 6 atom stereocenters. The van der Waals surface area contributed by atoms with Crippen molar-refractivity contribution >= 4 is 38.1 Å². The summed E-state index contributed by atoms with van der Waals surface area (Å²) in [7, 11) is -4.51. The van der Waals surface area contributed by atoms with Crippen molar-refractivity contribution in [2.45, 2.75) is 57.1 Å². The van der Waals surface area contributed by atoms with E-state index in [-0.39, 0.29) is 24.7 Å². The lowest BCUT2D eigenvalue weighted by atomic mass is 10.00. The molecular weight excluding hydrogens is 516 g/mol. The summed E-state index contributed by atoms with van der Waals surface area (Å²) in [5.41, 5.74) is 5.69. The van der Waals surface area contributed by atoms with E-state index in [0.717, 1.165) is 0 Å². The minimum absolute atomic E-state index is 0.0172. The largest absolute Gasteiger partial charge is 0.460 e. The lowest BCUT2D eigenvalue weighted by Gasteiger charge is -2.18. The van der Waals surface area contributed by atoms with E-state index in [1.807, 2.05) is 0 Å². The number of nitrogens with two attached hydrogens (primary N) is 1. The van der Waals surface area contributed by atoms with Crippen molar-refractivity contribution in [3.63, 3.8) is 0 Å². The molecule has 0 aliphatic carbocycles. The van der Waals surface area contributed by atoms with E-state index in [2.05, 4.69) is 15.9 Å². The van der Waals surface area contributed by atoms with Crippen LogP contribution in [0.2, 0.25) is 0 Å². The zero-order chi connectivity index (χ0) is 24.1. The topological polar surface area (TPSA) is 188 Å². The molecular formula is C18H27BrN2O10S. The molecule has 1 aliphatic heterocycles. The van der Waals surface area contributed by atoms with Gasteiger partial charge in [-0.2, -0.15) is 8.42 Å². The van der Waals surface area contributed by atoms with Crippen LogP contribution in [0.15, 0.2) is 21.2 Å². The molecule has 5 N–H and O–H groups in total. The highest BCUT2D eigenvalue weighted by Gasteiger charge is 2.43. The van der Waals surface area contributed by atoms with Gasteiger partial charge in [-0.05, 0) is 34.0 Å². The van der Waals surface area contributed by atoms with Gasteiger partial charge in [0.1, 0.15) is 18.3 Å². The highest BCUT2D eigenvalue weighted by Crippen LogP contribution is 2.24. The third-order valence-electron chi connectivity index (χ3n) is 5.04. The van der Waals surface area contributed by atoms with Crippen molar-refractivity contribution in [1.29, 1.82) is 0 Å². The van der Waals surface area contributed by atoms with Crippen LogP contribution in [0.1, 0.15) is 37.2 Å². The van der Waals surface area contributed by atoms with E-state index < -0.39 is 59.2 Å². The van der Waals surface area contributed by atoms with Gasteiger partial charge in [0.2, 0.25) is 5.76 Å². The molecule has 2 rings (SSSR count). The first kappa shape index (κ1) is 26.7. The molecule has 1 aliphatic rings. The fourth-order valence-corrected chi connectivity index (χ4v) is 3.92. The predicted octanol–water partition coefficient (Wildman–Crippen LogP) is -0.171. The van der Waals surface area contributed by atoms with Crippen molar-refractivity contribution < 1.29 is 46.3 Å². The summed E-state index contributed by atoms with van der Waals surface area (Å²) in [6, 6.07) is 1.90. The second-order valence-electron chi connectivity index (χ2n) is 7.34. The maximum atomic E-state index is 12.0. The Bertz CT molecular complexity index is 892. The number of esters is 1. The standard InChI is InChI=1S/C18H27BrN2O10S/c1-3-9(2)14(20)17(24)21-32(26,27)29-8-12-16(23)15(22)10(30-12)6-7-28-18(25)11-4-5-13(19)31-11/h4-5,9-10,12,14-16,22-23H,3,6-8,20H2,1-2H3,(H,21,24). The fraction of sp³-hybridized carbons (Fsp3) is 0.667. The maximum absolute atomic E-state index is 12.0. The summed E-state index contributed by atoms with van der Waals surface area (Å²) < 4.78 is 46.3. The van der Waals surface area contributed by atoms with E-state index in [0.29, 0.717) is 11.1 Å². The van der Waals surface area contributed by atoms with Crippen molar-refractivity contribution in [3.8, 4) is 0 Å². The van der Waals surface area contributed by atoms with Crippen LogP contribution in [0.4, 0.5) is 0 Å². The Hall–Kier alpha value is -1.55. The first-order valence-corrected chi connectivity index (χ1v) is 12.1. The number of ether oxygens (including phenoxy) is 2. The van der Waals surface area contributed by atoms with Gasteiger partial charge < -0.3 is 29.8 Å². The zero-order valence-electron chi connectivity index (χ0n) is 17.5. The second-order valence-corrected chi connectivity index (χ2v) is 9.47. The average molecular weight is 543 g/mol. The Balaban J connectivity index is 1.81. The Morgan fingerprint density at radius 1 is 1.28 bits per heavy atom. The van der Waals surface area contributed by atoms with Gasteiger partial charge in [0, 0.05) is 6.42 Å². The number of carbonyl (C=O) groups is 2. The molecule has 2 heterocycles. The van der Waals surface area contributed by atoms with Gasteiger partial charge in [0.25, 0.3) is 5.91 Å². The van der Waals surface area contributed by atoms with Gasteiger partial charge in [-0.1, -0.05) is 20.3 Å². The normalized spacial score (nSPS) is 25.3. The molecule has 1 aromatic rings. The minimum atomic E-state index is -4.51. The van der Waals surface area contributed by atoms with Crippen LogP contribution in [-0.2, 0) is 28.8 Å². The number of aliphatic hydroxyl groups is 2. The van der Waals surface area contributed by atoms with Crippen LogP contribution >= 0.6 is 15.9 Å². The number of halogens is 1. The summed E-state index contributed by atoms with van der Waals surface area (Å²) in [6.45, 7) is 2.70. The molecule has 0 spiro atoms. The smallest absolute Gasteiger partial charge is 0.374 e. The minimum Gasteiger partial charge on any atom is -0.460 e.